The predicted molar refractivity (Wildman–Crippen MR) is 357 cm³/mol. The van der Waals surface area contributed by atoms with E-state index < -0.39 is 0 Å². The maximum absolute atomic E-state index is 11.6. The molecule has 2 aromatic rings. The summed E-state index contributed by atoms with van der Waals surface area (Å²) in [7, 11) is 0. The minimum absolute atomic E-state index is 0.950. The summed E-state index contributed by atoms with van der Waals surface area (Å²) in [5.74, 6) is 0. The number of allylic oxidation sites excluding steroid dienone is 2. The minimum Gasteiger partial charge on any atom is -0.0654 e. The van der Waals surface area contributed by atoms with E-state index in [0.717, 1.165) is 67.5 Å². The van der Waals surface area contributed by atoms with Gasteiger partial charge < -0.3 is 5.53 Å². The summed E-state index contributed by atoms with van der Waals surface area (Å²) in [5.41, 5.74) is 23.6. The van der Waals surface area contributed by atoms with E-state index in [2.05, 4.69) is 106 Å². The van der Waals surface area contributed by atoms with Gasteiger partial charge in [-0.15, -0.1) is 0 Å². The molecule has 1 heterocycles. The summed E-state index contributed by atoms with van der Waals surface area (Å²) >= 11 is 2.05. The number of aryl methyl sites for hydroxylation is 4. The number of nitrogens with zero attached hydrogens (tertiary/aromatic N) is 2. The maximum atomic E-state index is 11.6. The van der Waals surface area contributed by atoms with Gasteiger partial charge in [-0.25, -0.2) is 4.70 Å². The third-order valence-electron chi connectivity index (χ3n) is 17.7. The van der Waals surface area contributed by atoms with Crippen molar-refractivity contribution in [3.05, 3.63) is 86.5 Å². The molecule has 3 heteroatoms. The molecule has 2 nitrogen and oxygen atoms in total. The molecule has 0 spiro atoms. The van der Waals surface area contributed by atoms with Gasteiger partial charge in [-0.2, -0.15) is 0 Å². The van der Waals surface area contributed by atoms with Crippen LogP contribution in [0.3, 0.4) is 0 Å². The van der Waals surface area contributed by atoms with Crippen molar-refractivity contribution < 1.29 is 19.1 Å². The zero-order valence-electron chi connectivity index (χ0n) is 55.2. The number of hydrogen-bond donors (Lipinski definition) is 0. The van der Waals surface area contributed by atoms with Crippen LogP contribution in [-0.4, -0.2) is 4.70 Å². The fraction of sp³-hybridized carbons (Fsp3) is 0.792. The molecule has 0 aliphatic carbocycles. The van der Waals surface area contributed by atoms with E-state index in [9.17, 15) is 5.53 Å². The van der Waals surface area contributed by atoms with Gasteiger partial charge in [0.25, 0.3) is 0 Å². The van der Waals surface area contributed by atoms with Crippen molar-refractivity contribution >= 4 is 11.4 Å². The summed E-state index contributed by atoms with van der Waals surface area (Å²) < 4.78 is 1.49. The Labute approximate surface area is 507 Å². The standard InChI is InChI=1S/C29H38N2.2C24H49.Ni/c1-7-12-13-27-20(6)28(25-16-21(8-2)14-22(9-3)17-25)31(30)29(27)26-18-23(10-4)15-24(11-5)19-26;2*1-3-5-7-9-11-13-15-17-19-21-23-24-22-20-18-16-14-12-10-8-6-4-2;/h14-19H,7-13H2,1-6H3;2*1,3-24H2,2H3;. The summed E-state index contributed by atoms with van der Waals surface area (Å²) in [4.78, 5) is 0. The van der Waals surface area contributed by atoms with E-state index in [0.29, 0.717) is 0 Å². The van der Waals surface area contributed by atoms with E-state index in [-0.39, 0.29) is 0 Å². The zero-order valence-corrected chi connectivity index (χ0v) is 56.1. The molecular formula is C77H136N2Ni. The molecule has 1 aliphatic rings. The molecule has 0 aromatic heterocycles. The van der Waals surface area contributed by atoms with E-state index in [1.165, 1.54) is 331 Å². The molecule has 0 bridgehead atoms. The van der Waals surface area contributed by atoms with Crippen molar-refractivity contribution in [2.45, 2.75) is 394 Å². The normalized spacial score (nSPS) is 12.7. The topological polar surface area (TPSA) is 25.3 Å². The molecule has 0 amide bonds. The van der Waals surface area contributed by atoms with Crippen LogP contribution in [0.4, 0.5) is 0 Å². The number of hydrogen-bond acceptors (Lipinski definition) is 0. The molecule has 1 aliphatic heterocycles. The van der Waals surface area contributed by atoms with E-state index in [1.54, 1.807) is 0 Å². The van der Waals surface area contributed by atoms with Gasteiger partial charge in [0.1, 0.15) is 0 Å². The van der Waals surface area contributed by atoms with Gasteiger partial charge in [-0.1, -0.05) is 208 Å². The van der Waals surface area contributed by atoms with Crippen LogP contribution in [0.1, 0.15) is 391 Å². The first kappa shape index (κ1) is 74.1. The second-order valence-corrected chi connectivity index (χ2v) is 26.5. The molecule has 80 heavy (non-hydrogen) atoms. The quantitative estimate of drug-likeness (QED) is 0.0358. The second kappa shape index (κ2) is 53.7. The first-order valence-corrected chi connectivity index (χ1v) is 37.4. The van der Waals surface area contributed by atoms with Crippen molar-refractivity contribution in [3.63, 3.8) is 0 Å². The fourth-order valence-corrected chi connectivity index (χ4v) is 13.5. The SMILES string of the molecule is CCCCC1=C(c2cc(CC)cc(CC)c2)[N+](=[N-])C(c2cc(CC)cc(CC)c2)=C1C.CCCCCCCCCCCCCCCCCCCCCCC[CH2][Ni][CH2]CCCCCCCCCCCCCCCCCCCCCCC. The Morgan fingerprint density at radius 1 is 0.287 bits per heavy atom. The van der Waals surface area contributed by atoms with Crippen molar-refractivity contribution in [2.75, 3.05) is 0 Å². The van der Waals surface area contributed by atoms with Crippen molar-refractivity contribution in [3.8, 4) is 0 Å². The minimum atomic E-state index is 0.950. The Bertz CT molecular complexity index is 1730. The Hall–Kier alpha value is -1.99. The van der Waals surface area contributed by atoms with Gasteiger partial charge in [-0.3, -0.25) is 0 Å². The molecule has 0 N–H and O–H groups in total. The third kappa shape index (κ3) is 36.7. The number of unbranched alkanes of at least 4 members (excludes halogenated alkanes) is 43. The zero-order chi connectivity index (χ0) is 57.8. The average molecular weight is 1150 g/mol. The fourth-order valence-electron chi connectivity index (χ4n) is 12.2. The van der Waals surface area contributed by atoms with E-state index in [1.807, 2.05) is 0 Å². The van der Waals surface area contributed by atoms with Crippen LogP contribution in [0.2, 0.25) is 10.8 Å². The van der Waals surface area contributed by atoms with Gasteiger partial charge in [0.05, 0.1) is 0 Å². The van der Waals surface area contributed by atoms with Gasteiger partial charge in [-0.05, 0) is 92.0 Å². The number of rotatable bonds is 55. The second-order valence-electron chi connectivity index (χ2n) is 25.0. The van der Waals surface area contributed by atoms with Gasteiger partial charge in [0.15, 0.2) is 0 Å². The Kier molecular flexibility index (Phi) is 49.8. The van der Waals surface area contributed by atoms with Crippen molar-refractivity contribution in [1.82, 2.24) is 0 Å². The van der Waals surface area contributed by atoms with Crippen LogP contribution in [0, 0.1) is 0 Å². The Morgan fingerprint density at radius 3 is 0.750 bits per heavy atom. The van der Waals surface area contributed by atoms with Crippen molar-refractivity contribution in [2.24, 2.45) is 0 Å². The van der Waals surface area contributed by atoms with Crippen LogP contribution in [-0.2, 0) is 40.1 Å². The molecule has 464 valence electrons. The Morgan fingerprint density at radius 2 is 0.512 bits per heavy atom. The molecule has 3 rings (SSSR count). The predicted octanol–water partition coefficient (Wildman–Crippen LogP) is 27.4. The Balaban J connectivity index is 0.000000600. The molecular weight excluding hydrogens is 1010 g/mol. The molecule has 0 saturated carbocycles. The molecule has 0 fully saturated rings. The first-order valence-electron chi connectivity index (χ1n) is 36.0. The summed E-state index contributed by atoms with van der Waals surface area (Å²) in [6.45, 7) is 17.8. The molecule has 0 saturated heterocycles. The van der Waals surface area contributed by atoms with Crippen LogP contribution in [0.25, 0.3) is 16.9 Å². The molecule has 0 unspecified atom stereocenters. The van der Waals surface area contributed by atoms with Crippen LogP contribution in [0.15, 0.2) is 47.5 Å². The summed E-state index contributed by atoms with van der Waals surface area (Å²) in [5, 5.41) is 2.87. The van der Waals surface area contributed by atoms with Gasteiger partial charge in [0, 0.05) is 22.3 Å². The van der Waals surface area contributed by atoms with E-state index in [4.69, 9.17) is 0 Å². The average Bonchev–Trinajstić information content (AvgIpc) is 3.98. The van der Waals surface area contributed by atoms with Crippen LogP contribution >= 0.6 is 0 Å². The monoisotopic (exact) mass is 1150 g/mol. The van der Waals surface area contributed by atoms with E-state index >= 15 is 0 Å². The van der Waals surface area contributed by atoms with Crippen LogP contribution < -0.4 is 0 Å². The van der Waals surface area contributed by atoms with Gasteiger partial charge >= 0.3 is 166 Å². The summed E-state index contributed by atoms with van der Waals surface area (Å²) in [6, 6.07) is 13.6. The molecule has 0 atom stereocenters. The van der Waals surface area contributed by atoms with Gasteiger partial charge in [0.2, 0.25) is 11.4 Å². The van der Waals surface area contributed by atoms with Crippen LogP contribution in [0.5, 0.6) is 0 Å². The summed E-state index contributed by atoms with van der Waals surface area (Å²) in [6.07, 6.45) is 72.5. The molecule has 0 radical (unpaired) electrons. The number of benzene rings is 2. The first-order chi connectivity index (χ1) is 39.4. The van der Waals surface area contributed by atoms with Crippen molar-refractivity contribution in [1.29, 1.82) is 0 Å². The smallest absolute Gasteiger partial charge is 0.0654 e. The third-order valence-corrected chi connectivity index (χ3v) is 19.1. The molecule has 2 aromatic carbocycles.